The highest BCUT2D eigenvalue weighted by Crippen LogP contribution is 2.33. The van der Waals surface area contributed by atoms with E-state index in [0.29, 0.717) is 22.4 Å². The van der Waals surface area contributed by atoms with Crippen molar-refractivity contribution in [2.24, 2.45) is 0 Å². The van der Waals surface area contributed by atoms with Crippen molar-refractivity contribution in [1.82, 2.24) is 0 Å². The van der Waals surface area contributed by atoms with Gasteiger partial charge >= 0.3 is 12.1 Å². The number of carbonyl (C=O) groups excluding carboxylic acids is 1. The number of carbonyl (C=O) groups is 1. The fourth-order valence-corrected chi connectivity index (χ4v) is 2.04. The van der Waals surface area contributed by atoms with Gasteiger partial charge in [0.2, 0.25) is 0 Å². The van der Waals surface area contributed by atoms with Crippen LogP contribution in [0.1, 0.15) is 11.1 Å². The Morgan fingerprint density at radius 3 is 2.41 bits per heavy atom. The van der Waals surface area contributed by atoms with Gasteiger partial charge in [0.25, 0.3) is 0 Å². The Hall–Kier alpha value is -2.50. The van der Waals surface area contributed by atoms with E-state index in [2.05, 4.69) is 4.74 Å². The van der Waals surface area contributed by atoms with Gasteiger partial charge in [-0.15, -0.1) is 0 Å². The summed E-state index contributed by atoms with van der Waals surface area (Å²) in [6.45, 7) is 0. The van der Waals surface area contributed by atoms with Crippen LogP contribution in [0.25, 0.3) is 11.1 Å². The quantitative estimate of drug-likeness (QED) is 0.695. The number of nitrogen functional groups attached to an aromatic ring is 1. The summed E-state index contributed by atoms with van der Waals surface area (Å²) in [6.07, 6.45) is -4.38. The van der Waals surface area contributed by atoms with E-state index in [-0.39, 0.29) is 6.42 Å². The minimum absolute atomic E-state index is 0.0191. The van der Waals surface area contributed by atoms with Crippen molar-refractivity contribution in [2.75, 3.05) is 12.8 Å². The van der Waals surface area contributed by atoms with E-state index in [4.69, 9.17) is 5.73 Å². The van der Waals surface area contributed by atoms with Crippen LogP contribution in [-0.2, 0) is 22.1 Å². The lowest BCUT2D eigenvalue weighted by Gasteiger charge is -2.11. The summed E-state index contributed by atoms with van der Waals surface area (Å²) < 4.78 is 42.8. The first-order chi connectivity index (χ1) is 10.3. The molecule has 0 saturated heterocycles. The molecule has 0 radical (unpaired) electrons. The molecular weight excluding hydrogens is 295 g/mol. The second-order valence-corrected chi connectivity index (χ2v) is 4.75. The highest BCUT2D eigenvalue weighted by atomic mass is 19.4. The Kier molecular flexibility index (Phi) is 4.40. The highest BCUT2D eigenvalue weighted by Gasteiger charge is 2.30. The Morgan fingerprint density at radius 2 is 1.82 bits per heavy atom. The van der Waals surface area contributed by atoms with Crippen LogP contribution in [0.2, 0.25) is 0 Å². The predicted molar refractivity (Wildman–Crippen MR) is 77.0 cm³/mol. The second-order valence-electron chi connectivity index (χ2n) is 4.75. The minimum Gasteiger partial charge on any atom is -0.469 e. The molecule has 2 aromatic rings. The number of benzene rings is 2. The summed E-state index contributed by atoms with van der Waals surface area (Å²) in [5, 5.41) is 0. The molecule has 0 aliphatic heterocycles. The summed E-state index contributed by atoms with van der Waals surface area (Å²) in [7, 11) is 1.27. The van der Waals surface area contributed by atoms with Crippen LogP contribution >= 0.6 is 0 Å². The Bertz CT molecular complexity index is 696. The number of rotatable bonds is 3. The third kappa shape index (κ3) is 3.58. The van der Waals surface area contributed by atoms with Gasteiger partial charge in [-0.1, -0.05) is 24.3 Å². The first-order valence-corrected chi connectivity index (χ1v) is 6.44. The van der Waals surface area contributed by atoms with Crippen molar-refractivity contribution >= 4 is 11.7 Å². The van der Waals surface area contributed by atoms with Crippen molar-refractivity contribution in [3.63, 3.8) is 0 Å². The molecular formula is C16H14F3NO2. The molecule has 0 atom stereocenters. The van der Waals surface area contributed by atoms with Crippen LogP contribution in [0.4, 0.5) is 18.9 Å². The molecule has 116 valence electrons. The standard InChI is InChI=1S/C16H14F3NO2/c1-22-15(21)9-12-6-5-11(8-14(12)20)10-3-2-4-13(7-10)16(17,18)19/h2-8H,9,20H2,1H3. The van der Waals surface area contributed by atoms with E-state index in [1.54, 1.807) is 24.3 Å². The molecule has 0 aliphatic carbocycles. The van der Waals surface area contributed by atoms with Crippen LogP contribution in [0.15, 0.2) is 42.5 Å². The van der Waals surface area contributed by atoms with Crippen LogP contribution in [0.3, 0.4) is 0 Å². The van der Waals surface area contributed by atoms with E-state index >= 15 is 0 Å². The van der Waals surface area contributed by atoms with E-state index in [1.165, 1.54) is 13.2 Å². The van der Waals surface area contributed by atoms with Crippen molar-refractivity contribution in [2.45, 2.75) is 12.6 Å². The molecule has 2 N–H and O–H groups in total. The third-order valence-electron chi connectivity index (χ3n) is 3.23. The maximum absolute atomic E-state index is 12.7. The van der Waals surface area contributed by atoms with Gasteiger partial charge in [0.15, 0.2) is 0 Å². The number of nitrogens with two attached hydrogens (primary N) is 1. The summed E-state index contributed by atoms with van der Waals surface area (Å²) in [4.78, 5) is 11.2. The Balaban J connectivity index is 2.34. The van der Waals surface area contributed by atoms with Crippen LogP contribution in [-0.4, -0.2) is 13.1 Å². The van der Waals surface area contributed by atoms with Gasteiger partial charge < -0.3 is 10.5 Å². The fraction of sp³-hybridized carbons (Fsp3) is 0.188. The molecule has 0 heterocycles. The van der Waals surface area contributed by atoms with E-state index in [1.807, 2.05) is 0 Å². The first kappa shape index (κ1) is 15.9. The summed E-state index contributed by atoms with van der Waals surface area (Å²) in [5.41, 5.74) is 7.00. The maximum Gasteiger partial charge on any atom is 0.416 e. The number of hydrogen-bond acceptors (Lipinski definition) is 3. The van der Waals surface area contributed by atoms with Gasteiger partial charge in [-0.05, 0) is 34.9 Å². The zero-order valence-electron chi connectivity index (χ0n) is 11.8. The van der Waals surface area contributed by atoms with Gasteiger partial charge in [-0.2, -0.15) is 13.2 Å². The lowest BCUT2D eigenvalue weighted by molar-refractivity contribution is -0.140. The maximum atomic E-state index is 12.7. The second kappa shape index (κ2) is 6.09. The van der Waals surface area contributed by atoms with E-state index in [9.17, 15) is 18.0 Å². The van der Waals surface area contributed by atoms with Crippen LogP contribution in [0, 0.1) is 0 Å². The normalized spacial score (nSPS) is 11.3. The molecule has 0 aromatic heterocycles. The molecule has 0 spiro atoms. The third-order valence-corrected chi connectivity index (χ3v) is 3.23. The number of hydrogen-bond donors (Lipinski definition) is 1. The molecule has 6 heteroatoms. The van der Waals surface area contributed by atoms with Crippen molar-refractivity contribution in [3.8, 4) is 11.1 Å². The van der Waals surface area contributed by atoms with Gasteiger partial charge in [-0.25, -0.2) is 0 Å². The van der Waals surface area contributed by atoms with E-state index in [0.717, 1.165) is 12.1 Å². The number of alkyl halides is 3. The minimum atomic E-state index is -4.40. The van der Waals surface area contributed by atoms with Gasteiger partial charge in [0.1, 0.15) is 0 Å². The average molecular weight is 309 g/mol. The smallest absolute Gasteiger partial charge is 0.416 e. The molecule has 0 unspecified atom stereocenters. The highest BCUT2D eigenvalue weighted by molar-refractivity contribution is 5.77. The van der Waals surface area contributed by atoms with Crippen molar-refractivity contribution in [1.29, 1.82) is 0 Å². The molecule has 2 rings (SSSR count). The lowest BCUT2D eigenvalue weighted by atomic mass is 9.99. The molecule has 0 fully saturated rings. The first-order valence-electron chi connectivity index (χ1n) is 6.44. The summed E-state index contributed by atoms with van der Waals surface area (Å²) >= 11 is 0. The molecule has 0 aliphatic rings. The van der Waals surface area contributed by atoms with Gasteiger partial charge in [0.05, 0.1) is 19.1 Å². The van der Waals surface area contributed by atoms with Crippen molar-refractivity contribution in [3.05, 3.63) is 53.6 Å². The monoisotopic (exact) mass is 309 g/mol. The molecule has 22 heavy (non-hydrogen) atoms. The largest absolute Gasteiger partial charge is 0.469 e. The fourth-order valence-electron chi connectivity index (χ4n) is 2.04. The molecule has 0 amide bonds. The number of methoxy groups -OCH3 is 1. The number of halogens is 3. The predicted octanol–water partition coefficient (Wildman–Crippen LogP) is 3.67. The summed E-state index contributed by atoms with van der Waals surface area (Å²) in [5.74, 6) is -0.432. The lowest BCUT2D eigenvalue weighted by Crippen LogP contribution is -2.07. The number of anilines is 1. The van der Waals surface area contributed by atoms with Crippen molar-refractivity contribution < 1.29 is 22.7 Å². The van der Waals surface area contributed by atoms with E-state index < -0.39 is 17.7 Å². The zero-order chi connectivity index (χ0) is 16.3. The molecule has 0 bridgehead atoms. The van der Waals surface area contributed by atoms with Crippen LogP contribution < -0.4 is 5.73 Å². The zero-order valence-corrected chi connectivity index (χ0v) is 11.8. The molecule has 2 aromatic carbocycles. The SMILES string of the molecule is COC(=O)Cc1ccc(-c2cccc(C(F)(F)F)c2)cc1N. The molecule has 3 nitrogen and oxygen atoms in total. The number of ether oxygens (including phenoxy) is 1. The van der Waals surface area contributed by atoms with Gasteiger partial charge in [0, 0.05) is 5.69 Å². The molecule has 0 saturated carbocycles. The Morgan fingerprint density at radius 1 is 1.14 bits per heavy atom. The number of esters is 1. The van der Waals surface area contributed by atoms with Gasteiger partial charge in [-0.3, -0.25) is 4.79 Å². The van der Waals surface area contributed by atoms with Crippen LogP contribution in [0.5, 0.6) is 0 Å². The summed E-state index contributed by atoms with van der Waals surface area (Å²) in [6, 6.07) is 9.79. The average Bonchev–Trinajstić information content (AvgIpc) is 2.48. The topological polar surface area (TPSA) is 52.3 Å². The Labute approximate surface area is 125 Å².